The second-order valence-electron chi connectivity index (χ2n) is 8.68. The fraction of sp³-hybridized carbons (Fsp3) is 0.240. The normalized spacial score (nSPS) is 15.8. The molecule has 0 saturated carbocycles. The van der Waals surface area contributed by atoms with E-state index in [0.29, 0.717) is 48.3 Å². The van der Waals surface area contributed by atoms with E-state index in [0.717, 1.165) is 3.97 Å². The van der Waals surface area contributed by atoms with Gasteiger partial charge in [0.15, 0.2) is 0 Å². The van der Waals surface area contributed by atoms with Crippen molar-refractivity contribution in [3.05, 3.63) is 78.9 Å². The number of hydrogen-bond donors (Lipinski definition) is 0. The molecule has 0 atom stereocenters. The first-order valence-corrected chi connectivity index (χ1v) is 14.6. The third kappa shape index (κ3) is 4.73. The largest absolute Gasteiger partial charge is 0.474 e. The van der Waals surface area contributed by atoms with Gasteiger partial charge in [0, 0.05) is 48.1 Å². The highest BCUT2D eigenvalue weighted by Gasteiger charge is 2.26. The second kappa shape index (κ2) is 9.30. The van der Waals surface area contributed by atoms with E-state index in [-0.39, 0.29) is 16.5 Å². The molecule has 2 aromatic heterocycles. The van der Waals surface area contributed by atoms with Crippen LogP contribution in [0.3, 0.4) is 0 Å². The Labute approximate surface area is 209 Å². The molecule has 36 heavy (non-hydrogen) atoms. The van der Waals surface area contributed by atoms with Gasteiger partial charge >= 0.3 is 0 Å². The van der Waals surface area contributed by atoms with Gasteiger partial charge in [-0.15, -0.1) is 0 Å². The van der Waals surface area contributed by atoms with Crippen molar-refractivity contribution >= 4 is 30.9 Å². The van der Waals surface area contributed by atoms with Gasteiger partial charge in [-0.3, -0.25) is 0 Å². The molecule has 1 aliphatic rings. The summed E-state index contributed by atoms with van der Waals surface area (Å²) in [4.78, 5) is 4.48. The van der Waals surface area contributed by atoms with Crippen molar-refractivity contribution in [2.75, 3.05) is 19.3 Å². The molecule has 0 bridgehead atoms. The van der Waals surface area contributed by atoms with Crippen LogP contribution >= 0.6 is 0 Å². The zero-order valence-electron chi connectivity index (χ0n) is 19.4. The average molecular weight is 530 g/mol. The van der Waals surface area contributed by atoms with E-state index in [4.69, 9.17) is 4.74 Å². The molecule has 1 saturated heterocycles. The Balaban J connectivity index is 1.43. The molecule has 2 aromatic carbocycles. The molecule has 11 heteroatoms. The van der Waals surface area contributed by atoms with Gasteiger partial charge in [-0.2, -0.15) is 0 Å². The van der Waals surface area contributed by atoms with Crippen molar-refractivity contribution in [3.63, 3.8) is 0 Å². The lowest BCUT2D eigenvalue weighted by molar-refractivity contribution is 0.130. The molecule has 8 nitrogen and oxygen atoms in total. The number of nitrogens with zero attached hydrogens (tertiary/aromatic N) is 3. The Morgan fingerprint density at radius 3 is 2.33 bits per heavy atom. The standard InChI is InChI=1S/C25H24FN3O5S2/c1-35(30,31)28-13-11-20(12-14-28)34-25-10-7-18(16-27-25)23-17-29(24-15-19(26)8-9-22(23)24)36(32,33)21-5-3-2-4-6-21/h2-10,15-17,20H,11-14H2,1H3. The maximum Gasteiger partial charge on any atom is 0.268 e. The highest BCUT2D eigenvalue weighted by molar-refractivity contribution is 7.90. The fourth-order valence-electron chi connectivity index (χ4n) is 4.37. The third-order valence-corrected chi connectivity index (χ3v) is 9.23. The predicted molar refractivity (Wildman–Crippen MR) is 134 cm³/mol. The molecule has 0 spiro atoms. The minimum Gasteiger partial charge on any atom is -0.474 e. The van der Waals surface area contributed by atoms with Crippen LogP contribution in [0.5, 0.6) is 5.88 Å². The highest BCUT2D eigenvalue weighted by atomic mass is 32.2. The van der Waals surface area contributed by atoms with Crippen LogP contribution < -0.4 is 4.74 Å². The van der Waals surface area contributed by atoms with Crippen LogP contribution in [-0.2, 0) is 20.0 Å². The summed E-state index contributed by atoms with van der Waals surface area (Å²) >= 11 is 0. The Bertz CT molecular complexity index is 1610. The van der Waals surface area contributed by atoms with Crippen molar-refractivity contribution in [2.45, 2.75) is 23.8 Å². The molecule has 0 N–H and O–H groups in total. The first kappa shape index (κ1) is 24.4. The van der Waals surface area contributed by atoms with Crippen LogP contribution in [0.2, 0.25) is 0 Å². The first-order chi connectivity index (χ1) is 17.1. The van der Waals surface area contributed by atoms with Crippen LogP contribution in [0.1, 0.15) is 12.8 Å². The van der Waals surface area contributed by atoms with Crippen LogP contribution in [0.15, 0.2) is 78.0 Å². The molecular formula is C25H24FN3O5S2. The molecule has 0 aliphatic carbocycles. The maximum atomic E-state index is 14.1. The molecule has 1 aliphatic heterocycles. The number of piperidine rings is 1. The second-order valence-corrected chi connectivity index (χ2v) is 12.5. The number of ether oxygens (including phenoxy) is 1. The van der Waals surface area contributed by atoms with Crippen LogP contribution in [0.4, 0.5) is 4.39 Å². The number of aromatic nitrogens is 2. The van der Waals surface area contributed by atoms with E-state index >= 15 is 0 Å². The lowest BCUT2D eigenvalue weighted by Gasteiger charge is -2.30. The van der Waals surface area contributed by atoms with Gasteiger partial charge in [-0.25, -0.2) is 34.5 Å². The number of halogens is 1. The van der Waals surface area contributed by atoms with Crippen molar-refractivity contribution in [1.82, 2.24) is 13.3 Å². The summed E-state index contributed by atoms with van der Waals surface area (Å²) in [6.45, 7) is 0.793. The van der Waals surface area contributed by atoms with E-state index in [2.05, 4.69) is 4.98 Å². The molecule has 1 fully saturated rings. The topological polar surface area (TPSA) is 98.6 Å². The van der Waals surface area contributed by atoms with Crippen molar-refractivity contribution in [2.24, 2.45) is 0 Å². The SMILES string of the molecule is CS(=O)(=O)N1CCC(Oc2ccc(-c3cn(S(=O)(=O)c4ccccc4)c4cc(F)ccc34)cn2)CC1. The number of hydrogen-bond acceptors (Lipinski definition) is 6. The summed E-state index contributed by atoms with van der Waals surface area (Å²) in [7, 11) is -7.17. The van der Waals surface area contributed by atoms with Crippen molar-refractivity contribution in [3.8, 4) is 17.0 Å². The van der Waals surface area contributed by atoms with Gasteiger partial charge in [-0.05, 0) is 49.2 Å². The van der Waals surface area contributed by atoms with E-state index in [9.17, 15) is 21.2 Å². The average Bonchev–Trinajstić information content (AvgIpc) is 3.24. The summed E-state index contributed by atoms with van der Waals surface area (Å²) in [5, 5.41) is 0.569. The molecule has 4 aromatic rings. The number of benzene rings is 2. The van der Waals surface area contributed by atoms with Crippen LogP contribution in [0, 0.1) is 5.82 Å². The van der Waals surface area contributed by atoms with Gasteiger partial charge < -0.3 is 4.74 Å². The number of sulfonamides is 1. The Hall–Kier alpha value is -3.28. The molecule has 0 radical (unpaired) electrons. The summed E-state index contributed by atoms with van der Waals surface area (Å²) in [5.41, 5.74) is 1.46. The van der Waals surface area contributed by atoms with Gasteiger partial charge in [0.05, 0.1) is 16.7 Å². The monoisotopic (exact) mass is 529 g/mol. The first-order valence-electron chi connectivity index (χ1n) is 11.3. The van der Waals surface area contributed by atoms with Crippen molar-refractivity contribution in [1.29, 1.82) is 0 Å². The number of rotatable bonds is 6. The zero-order valence-corrected chi connectivity index (χ0v) is 21.0. The fourth-order valence-corrected chi connectivity index (χ4v) is 6.62. The minimum atomic E-state index is -3.95. The molecule has 188 valence electrons. The smallest absolute Gasteiger partial charge is 0.268 e. The summed E-state index contributed by atoms with van der Waals surface area (Å²) in [6.07, 6.45) is 5.23. The lowest BCUT2D eigenvalue weighted by Crippen LogP contribution is -2.41. The molecule has 5 rings (SSSR count). The van der Waals surface area contributed by atoms with Crippen LogP contribution in [-0.4, -0.2) is 55.5 Å². The minimum absolute atomic E-state index is 0.0986. The van der Waals surface area contributed by atoms with E-state index in [1.165, 1.54) is 41.0 Å². The maximum absolute atomic E-state index is 14.1. The van der Waals surface area contributed by atoms with E-state index in [1.807, 2.05) is 0 Å². The third-order valence-electron chi connectivity index (χ3n) is 6.24. The summed E-state index contributed by atoms with van der Waals surface area (Å²) in [6, 6.07) is 15.5. The van der Waals surface area contributed by atoms with Gasteiger partial charge in [-0.1, -0.05) is 18.2 Å². The van der Waals surface area contributed by atoms with Gasteiger partial charge in [0.1, 0.15) is 11.9 Å². The molecule has 0 unspecified atom stereocenters. The van der Waals surface area contributed by atoms with Gasteiger partial charge in [0.25, 0.3) is 10.0 Å². The predicted octanol–water partition coefficient (Wildman–Crippen LogP) is 3.88. The number of fused-ring (bicyclic) bond motifs is 1. The molecule has 3 heterocycles. The van der Waals surface area contributed by atoms with Crippen LogP contribution in [0.25, 0.3) is 22.0 Å². The Morgan fingerprint density at radius 1 is 0.972 bits per heavy atom. The molecular weight excluding hydrogens is 505 g/mol. The van der Waals surface area contributed by atoms with Gasteiger partial charge in [0.2, 0.25) is 15.9 Å². The number of pyridine rings is 1. The van der Waals surface area contributed by atoms with Crippen molar-refractivity contribution < 1.29 is 26.0 Å². The lowest BCUT2D eigenvalue weighted by atomic mass is 10.1. The van der Waals surface area contributed by atoms with E-state index < -0.39 is 25.9 Å². The van der Waals surface area contributed by atoms with E-state index in [1.54, 1.807) is 42.6 Å². The Kier molecular flexibility index (Phi) is 6.31. The zero-order chi connectivity index (χ0) is 25.5. The molecule has 0 amide bonds. The quantitative estimate of drug-likeness (QED) is 0.376. The summed E-state index contributed by atoms with van der Waals surface area (Å²) in [5.74, 6) is -0.149. The highest BCUT2D eigenvalue weighted by Crippen LogP contribution is 2.34. The Morgan fingerprint density at radius 2 is 1.69 bits per heavy atom. The summed E-state index contributed by atoms with van der Waals surface area (Å²) < 4.78 is 72.6.